The topological polar surface area (TPSA) is 93.1 Å². The zero-order valence-corrected chi connectivity index (χ0v) is 22.5. The molecular weight excluding hydrogens is 501 g/mol. The highest BCUT2D eigenvalue weighted by atomic mass is 35.5. The first-order chi connectivity index (χ1) is 17.3. The lowest BCUT2D eigenvalue weighted by Gasteiger charge is -2.42. The van der Waals surface area contributed by atoms with E-state index >= 15 is 4.39 Å². The van der Waals surface area contributed by atoms with Gasteiger partial charge in [-0.2, -0.15) is 0 Å². The van der Waals surface area contributed by atoms with Crippen molar-refractivity contribution in [1.82, 2.24) is 4.90 Å². The molecule has 7 nitrogen and oxygen atoms in total. The van der Waals surface area contributed by atoms with Crippen molar-refractivity contribution in [3.8, 4) is 0 Å². The van der Waals surface area contributed by atoms with Crippen molar-refractivity contribution in [2.75, 3.05) is 20.2 Å². The summed E-state index contributed by atoms with van der Waals surface area (Å²) in [5, 5.41) is 12.2. The second-order valence-corrected chi connectivity index (χ2v) is 10.7. The molecule has 3 rings (SSSR count). The third kappa shape index (κ3) is 6.30. The predicted octanol–water partition coefficient (Wildman–Crippen LogP) is 5.74. The molecule has 1 amide bonds. The number of rotatable bonds is 6. The van der Waals surface area contributed by atoms with Gasteiger partial charge in [-0.25, -0.2) is 14.0 Å². The number of benzene rings is 2. The molecule has 2 aromatic rings. The van der Waals surface area contributed by atoms with Crippen LogP contribution in [0.3, 0.4) is 0 Å². The van der Waals surface area contributed by atoms with Crippen molar-refractivity contribution in [2.24, 2.45) is 5.92 Å². The molecule has 2 aromatic carbocycles. The van der Waals surface area contributed by atoms with E-state index in [-0.39, 0.29) is 29.0 Å². The summed E-state index contributed by atoms with van der Waals surface area (Å²) < 4.78 is 25.8. The van der Waals surface area contributed by atoms with Crippen LogP contribution in [0.4, 0.5) is 9.18 Å². The smallest absolute Gasteiger partial charge is 0.410 e. The molecule has 1 saturated heterocycles. The predicted molar refractivity (Wildman–Crippen MR) is 137 cm³/mol. The van der Waals surface area contributed by atoms with Crippen LogP contribution >= 0.6 is 11.6 Å². The zero-order chi connectivity index (χ0) is 27.5. The molecule has 0 aliphatic carbocycles. The molecule has 0 saturated carbocycles. The van der Waals surface area contributed by atoms with E-state index in [1.807, 2.05) is 0 Å². The van der Waals surface area contributed by atoms with Gasteiger partial charge in [-0.15, -0.1) is 0 Å². The van der Waals surface area contributed by atoms with Crippen LogP contribution in [0.1, 0.15) is 78.8 Å². The van der Waals surface area contributed by atoms with Gasteiger partial charge in [0.25, 0.3) is 0 Å². The quantitative estimate of drug-likeness (QED) is 0.376. The average Bonchev–Trinajstić information content (AvgIpc) is 2.86. The maximum atomic E-state index is 15.5. The molecule has 1 N–H and O–H groups in total. The number of hydrogen-bond acceptors (Lipinski definition) is 6. The van der Waals surface area contributed by atoms with Gasteiger partial charge < -0.3 is 19.5 Å². The minimum absolute atomic E-state index is 0.154. The number of carbonyl (C=O) groups excluding carboxylic acids is 3. The van der Waals surface area contributed by atoms with E-state index in [0.717, 1.165) is 13.2 Å². The van der Waals surface area contributed by atoms with Gasteiger partial charge in [0.15, 0.2) is 5.78 Å². The Morgan fingerprint density at radius 3 is 2.22 bits per heavy atom. The van der Waals surface area contributed by atoms with Crippen molar-refractivity contribution < 1.29 is 33.4 Å². The number of nitrogens with zero attached hydrogens (tertiary/aromatic N) is 1. The summed E-state index contributed by atoms with van der Waals surface area (Å²) >= 11 is 5.90. The minimum Gasteiger partial charge on any atom is -0.465 e. The Labute approximate surface area is 221 Å². The lowest BCUT2D eigenvalue weighted by atomic mass is 9.73. The number of likely N-dealkylation sites (tertiary alicyclic amines) is 1. The summed E-state index contributed by atoms with van der Waals surface area (Å²) in [6.07, 6.45) is 0.707. The molecule has 0 aromatic heterocycles. The third-order valence-corrected chi connectivity index (χ3v) is 6.94. The van der Waals surface area contributed by atoms with E-state index in [0.29, 0.717) is 31.0 Å². The summed E-state index contributed by atoms with van der Waals surface area (Å²) in [7, 11) is 1.14. The van der Waals surface area contributed by atoms with E-state index in [2.05, 4.69) is 0 Å². The molecule has 0 radical (unpaired) electrons. The lowest BCUT2D eigenvalue weighted by Crippen LogP contribution is -2.46. The fraction of sp³-hybridized carbons (Fsp3) is 0.464. The lowest BCUT2D eigenvalue weighted by molar-refractivity contribution is -0.0548. The maximum absolute atomic E-state index is 15.5. The van der Waals surface area contributed by atoms with Crippen LogP contribution in [-0.2, 0) is 15.1 Å². The van der Waals surface area contributed by atoms with Crippen molar-refractivity contribution in [1.29, 1.82) is 0 Å². The van der Waals surface area contributed by atoms with E-state index in [9.17, 15) is 19.5 Å². The minimum atomic E-state index is -1.49. The van der Waals surface area contributed by atoms with Crippen LogP contribution in [0.5, 0.6) is 0 Å². The van der Waals surface area contributed by atoms with Crippen molar-refractivity contribution in [2.45, 2.75) is 58.2 Å². The fourth-order valence-electron chi connectivity index (χ4n) is 4.70. The Balaban J connectivity index is 1.94. The highest BCUT2D eigenvalue weighted by molar-refractivity contribution is 6.30. The number of ketones is 1. The molecule has 1 heterocycles. The van der Waals surface area contributed by atoms with E-state index in [1.165, 1.54) is 30.3 Å². The number of halogens is 2. The molecule has 9 heteroatoms. The fourth-order valence-corrected chi connectivity index (χ4v) is 4.82. The van der Waals surface area contributed by atoms with E-state index in [4.69, 9.17) is 21.1 Å². The standard InChI is InChI=1S/C28H33ClFNO6/c1-6-28(35,18-11-13-31(14-12-18)26(34)37-27(2,3)4)19-15-21(25(33)36-5)23(22(30)16-19)24(32)17-7-9-20(29)10-8-17/h7-10,15-16,18,35H,6,11-14H2,1-5H3/t28-/m1/s1. The monoisotopic (exact) mass is 533 g/mol. The summed E-state index contributed by atoms with van der Waals surface area (Å²) in [5.41, 5.74) is -2.49. The second-order valence-electron chi connectivity index (χ2n) is 10.2. The summed E-state index contributed by atoms with van der Waals surface area (Å²) in [5.74, 6) is -2.85. The zero-order valence-electron chi connectivity index (χ0n) is 21.8. The van der Waals surface area contributed by atoms with Crippen LogP contribution in [0, 0.1) is 11.7 Å². The Hall–Kier alpha value is -2.97. The van der Waals surface area contributed by atoms with Gasteiger partial charge in [-0.05, 0) is 87.9 Å². The highest BCUT2D eigenvalue weighted by Crippen LogP contribution is 2.41. The normalized spacial score (nSPS) is 16.2. The maximum Gasteiger partial charge on any atom is 0.410 e. The van der Waals surface area contributed by atoms with Crippen LogP contribution < -0.4 is 0 Å². The number of ether oxygens (including phenoxy) is 2. The number of carbonyl (C=O) groups is 3. The molecular formula is C28H33ClFNO6. The van der Waals surface area contributed by atoms with Gasteiger partial charge in [0, 0.05) is 23.7 Å². The van der Waals surface area contributed by atoms with Gasteiger partial charge in [-0.1, -0.05) is 18.5 Å². The van der Waals surface area contributed by atoms with E-state index in [1.54, 1.807) is 32.6 Å². The molecule has 0 bridgehead atoms. The first kappa shape index (κ1) is 28.6. The molecule has 0 unspecified atom stereocenters. The van der Waals surface area contributed by atoms with Crippen LogP contribution in [0.25, 0.3) is 0 Å². The number of hydrogen-bond donors (Lipinski definition) is 1. The van der Waals surface area contributed by atoms with Gasteiger partial charge in [0.1, 0.15) is 11.4 Å². The van der Waals surface area contributed by atoms with Crippen molar-refractivity contribution >= 4 is 29.4 Å². The van der Waals surface area contributed by atoms with Crippen LogP contribution in [0.15, 0.2) is 36.4 Å². The average molecular weight is 534 g/mol. The third-order valence-electron chi connectivity index (χ3n) is 6.69. The Morgan fingerprint density at radius 1 is 1.11 bits per heavy atom. The first-order valence-corrected chi connectivity index (χ1v) is 12.6. The summed E-state index contributed by atoms with van der Waals surface area (Å²) in [6, 6.07) is 8.33. The highest BCUT2D eigenvalue weighted by Gasteiger charge is 2.41. The largest absolute Gasteiger partial charge is 0.465 e. The van der Waals surface area contributed by atoms with Crippen molar-refractivity contribution in [3.05, 3.63) is 69.5 Å². The number of aliphatic hydroxyl groups is 1. The number of esters is 1. The molecule has 0 spiro atoms. The molecule has 200 valence electrons. The van der Waals surface area contributed by atoms with Crippen LogP contribution in [-0.4, -0.2) is 53.7 Å². The SMILES string of the molecule is CC[C@](O)(c1cc(F)c(C(=O)c2ccc(Cl)cc2)c(C(=O)OC)c1)C1CCN(C(=O)OC(C)(C)C)CC1. The molecule has 1 atom stereocenters. The Morgan fingerprint density at radius 2 is 1.70 bits per heavy atom. The van der Waals surface area contributed by atoms with Gasteiger partial charge >= 0.3 is 12.1 Å². The number of amides is 1. The van der Waals surface area contributed by atoms with Gasteiger partial charge in [0.05, 0.1) is 23.8 Å². The second kappa shape index (κ2) is 11.2. The molecule has 1 fully saturated rings. The number of piperidine rings is 1. The molecule has 1 aliphatic rings. The van der Waals surface area contributed by atoms with Gasteiger partial charge in [-0.3, -0.25) is 4.79 Å². The first-order valence-electron chi connectivity index (χ1n) is 12.2. The number of methoxy groups -OCH3 is 1. The van der Waals surface area contributed by atoms with Crippen LogP contribution in [0.2, 0.25) is 5.02 Å². The summed E-state index contributed by atoms with van der Waals surface area (Å²) in [4.78, 5) is 39.8. The molecule has 1 aliphatic heterocycles. The summed E-state index contributed by atoms with van der Waals surface area (Å²) in [6.45, 7) is 7.87. The van der Waals surface area contributed by atoms with Gasteiger partial charge in [0.2, 0.25) is 0 Å². The molecule has 37 heavy (non-hydrogen) atoms. The van der Waals surface area contributed by atoms with Crippen molar-refractivity contribution in [3.63, 3.8) is 0 Å². The Bertz CT molecular complexity index is 1170. The Kier molecular flexibility index (Phi) is 8.65. The van der Waals surface area contributed by atoms with E-state index < -0.39 is 40.4 Å².